The third-order valence-corrected chi connectivity index (χ3v) is 4.98. The van der Waals surface area contributed by atoms with Crippen LogP contribution < -0.4 is 5.73 Å². The summed E-state index contributed by atoms with van der Waals surface area (Å²) in [4.78, 5) is 12.8. The van der Waals surface area contributed by atoms with E-state index in [0.717, 1.165) is 0 Å². The fourth-order valence-electron chi connectivity index (χ4n) is 3.01. The van der Waals surface area contributed by atoms with Gasteiger partial charge in [0.25, 0.3) is 0 Å². The van der Waals surface area contributed by atoms with Crippen molar-refractivity contribution in [3.63, 3.8) is 0 Å². The Morgan fingerprint density at radius 1 is 1.45 bits per heavy atom. The zero-order valence-electron chi connectivity index (χ0n) is 12.3. The van der Waals surface area contributed by atoms with Gasteiger partial charge in [0.2, 0.25) is 0 Å². The highest BCUT2D eigenvalue weighted by molar-refractivity contribution is 7.98. The Bertz CT molecular complexity index is 708. The van der Waals surface area contributed by atoms with Gasteiger partial charge in [0.15, 0.2) is 16.6 Å². The normalized spacial score (nSPS) is 32.0. The van der Waals surface area contributed by atoms with E-state index in [2.05, 4.69) is 15.0 Å². The molecule has 0 amide bonds. The number of nitrogen functional groups attached to an aromatic ring is 1. The van der Waals surface area contributed by atoms with Crippen molar-refractivity contribution in [2.24, 2.45) is 5.41 Å². The molecule has 0 bridgehead atoms. The average Bonchev–Trinajstić information content (AvgIpc) is 3.03. The molecule has 1 aliphatic carbocycles. The minimum absolute atomic E-state index is 0.207. The van der Waals surface area contributed by atoms with Crippen molar-refractivity contribution in [3.8, 4) is 0 Å². The first-order valence-corrected chi connectivity index (χ1v) is 8.15. The van der Waals surface area contributed by atoms with Gasteiger partial charge >= 0.3 is 0 Å². The number of nitrogens with zero attached hydrogens (tertiary/aromatic N) is 4. The zero-order chi connectivity index (χ0) is 16.1. The summed E-state index contributed by atoms with van der Waals surface area (Å²) in [6.45, 7) is 1.54. The molecule has 3 rings (SSSR count). The minimum Gasteiger partial charge on any atom is -0.396 e. The highest BCUT2D eigenvalue weighted by Gasteiger charge is 2.50. The number of hydrogen-bond donors (Lipinski definition) is 4. The first kappa shape index (κ1) is 15.5. The van der Waals surface area contributed by atoms with Crippen LogP contribution in [0, 0.1) is 5.41 Å². The van der Waals surface area contributed by atoms with Crippen molar-refractivity contribution in [2.45, 2.75) is 36.8 Å². The smallest absolute Gasteiger partial charge is 0.191 e. The molecular weight excluding hydrogens is 306 g/mol. The molecular formula is C13H19N5O3S. The summed E-state index contributed by atoms with van der Waals surface area (Å²) in [5.41, 5.74) is 6.12. The molecule has 120 valence electrons. The number of anilines is 1. The van der Waals surface area contributed by atoms with Crippen LogP contribution in [0.1, 0.15) is 19.4 Å². The monoisotopic (exact) mass is 325 g/mol. The summed E-state index contributed by atoms with van der Waals surface area (Å²) in [7, 11) is 0. The van der Waals surface area contributed by atoms with Crippen LogP contribution in [0.2, 0.25) is 0 Å². The fraction of sp³-hybridized carbons (Fsp3) is 0.615. The predicted octanol–water partition coefficient (Wildman–Crippen LogP) is -0.204. The van der Waals surface area contributed by atoms with E-state index in [-0.39, 0.29) is 12.4 Å². The maximum atomic E-state index is 10.4. The van der Waals surface area contributed by atoms with Crippen LogP contribution in [0.3, 0.4) is 0 Å². The van der Waals surface area contributed by atoms with E-state index in [1.54, 1.807) is 17.8 Å². The first-order chi connectivity index (χ1) is 10.4. The van der Waals surface area contributed by atoms with Gasteiger partial charge in [-0.25, -0.2) is 15.0 Å². The average molecular weight is 325 g/mol. The number of thioether (sulfide) groups is 1. The Balaban J connectivity index is 2.09. The molecule has 2 aromatic heterocycles. The molecule has 0 aromatic carbocycles. The molecule has 1 aliphatic rings. The summed E-state index contributed by atoms with van der Waals surface area (Å²) in [6.07, 6.45) is 1.78. The largest absolute Gasteiger partial charge is 0.396 e. The second-order valence-corrected chi connectivity index (χ2v) is 6.71. The Kier molecular flexibility index (Phi) is 3.76. The van der Waals surface area contributed by atoms with E-state index < -0.39 is 23.7 Å². The number of aliphatic hydroxyl groups excluding tert-OH is 3. The van der Waals surface area contributed by atoms with Crippen molar-refractivity contribution in [3.05, 3.63) is 6.33 Å². The predicted molar refractivity (Wildman–Crippen MR) is 82.4 cm³/mol. The van der Waals surface area contributed by atoms with Crippen LogP contribution in [0.5, 0.6) is 0 Å². The van der Waals surface area contributed by atoms with Crippen LogP contribution in [-0.2, 0) is 0 Å². The molecule has 1 fully saturated rings. The minimum atomic E-state index is -1.01. The molecule has 2 heterocycles. The first-order valence-electron chi connectivity index (χ1n) is 6.92. The lowest BCUT2D eigenvalue weighted by molar-refractivity contribution is -0.0403. The molecule has 4 atom stereocenters. The molecule has 0 radical (unpaired) electrons. The van der Waals surface area contributed by atoms with E-state index in [1.165, 1.54) is 11.8 Å². The molecule has 8 nitrogen and oxygen atoms in total. The second-order valence-electron chi connectivity index (χ2n) is 5.94. The highest BCUT2D eigenvalue weighted by atomic mass is 32.2. The van der Waals surface area contributed by atoms with E-state index in [4.69, 9.17) is 5.73 Å². The summed E-state index contributed by atoms with van der Waals surface area (Å²) in [5.74, 6) is 0.283. The number of hydrogen-bond acceptors (Lipinski definition) is 8. The number of aromatic nitrogens is 4. The lowest BCUT2D eigenvalue weighted by Gasteiger charge is -2.25. The quantitative estimate of drug-likeness (QED) is 0.451. The standard InChI is InChI=1S/C13H19N5O3S/c1-13(4-19)3-6(8(20)9(13)21)18-5-15-7-10(14)16-12(22-2)17-11(7)18/h5-6,8-9,19-21H,3-4H2,1-2H3,(H2,14,16,17)/t6-,8?,9?,13-/m1/s1. The number of nitrogens with two attached hydrogens (primary N) is 1. The Morgan fingerprint density at radius 3 is 2.77 bits per heavy atom. The molecule has 9 heteroatoms. The van der Waals surface area contributed by atoms with E-state index in [0.29, 0.717) is 22.7 Å². The lowest BCUT2D eigenvalue weighted by atomic mass is 9.87. The third kappa shape index (κ3) is 2.16. The van der Waals surface area contributed by atoms with Gasteiger partial charge in [-0.15, -0.1) is 0 Å². The van der Waals surface area contributed by atoms with Crippen LogP contribution in [0.25, 0.3) is 11.2 Å². The number of rotatable bonds is 3. The number of fused-ring (bicyclic) bond motifs is 1. The topological polar surface area (TPSA) is 130 Å². The van der Waals surface area contributed by atoms with Crippen molar-refractivity contribution in [2.75, 3.05) is 18.6 Å². The fourth-order valence-corrected chi connectivity index (χ4v) is 3.38. The maximum Gasteiger partial charge on any atom is 0.191 e. The molecule has 22 heavy (non-hydrogen) atoms. The second kappa shape index (κ2) is 5.34. The van der Waals surface area contributed by atoms with Gasteiger partial charge in [0.1, 0.15) is 11.6 Å². The van der Waals surface area contributed by atoms with Crippen LogP contribution >= 0.6 is 11.8 Å². The van der Waals surface area contributed by atoms with Crippen molar-refractivity contribution in [1.29, 1.82) is 0 Å². The summed E-state index contributed by atoms with van der Waals surface area (Å²) >= 11 is 1.36. The van der Waals surface area contributed by atoms with Crippen LogP contribution in [-0.4, -0.2) is 59.9 Å². The van der Waals surface area contributed by atoms with Gasteiger partial charge in [-0.05, 0) is 12.7 Å². The number of imidazole rings is 1. The highest BCUT2D eigenvalue weighted by Crippen LogP contribution is 2.45. The third-order valence-electron chi connectivity index (χ3n) is 4.44. The van der Waals surface area contributed by atoms with Gasteiger partial charge in [-0.2, -0.15) is 0 Å². The van der Waals surface area contributed by atoms with Gasteiger partial charge in [0.05, 0.1) is 25.1 Å². The zero-order valence-corrected chi connectivity index (χ0v) is 13.2. The Labute approximate surface area is 131 Å². The maximum absolute atomic E-state index is 10.4. The van der Waals surface area contributed by atoms with E-state index >= 15 is 0 Å². The van der Waals surface area contributed by atoms with Crippen molar-refractivity contribution >= 4 is 28.7 Å². The molecule has 0 spiro atoms. The molecule has 0 aliphatic heterocycles. The van der Waals surface area contributed by atoms with Gasteiger partial charge in [-0.1, -0.05) is 18.7 Å². The Hall–Kier alpha value is -1.42. The van der Waals surface area contributed by atoms with E-state index in [1.807, 2.05) is 6.26 Å². The molecule has 5 N–H and O–H groups in total. The molecule has 2 unspecified atom stereocenters. The van der Waals surface area contributed by atoms with Crippen LogP contribution in [0.4, 0.5) is 5.82 Å². The molecule has 1 saturated carbocycles. The summed E-state index contributed by atoms with van der Waals surface area (Å²) < 4.78 is 1.71. The van der Waals surface area contributed by atoms with Gasteiger partial charge in [-0.3, -0.25) is 0 Å². The van der Waals surface area contributed by atoms with Crippen molar-refractivity contribution < 1.29 is 15.3 Å². The van der Waals surface area contributed by atoms with Gasteiger partial charge < -0.3 is 25.6 Å². The van der Waals surface area contributed by atoms with Gasteiger partial charge in [0, 0.05) is 5.41 Å². The van der Waals surface area contributed by atoms with E-state index in [9.17, 15) is 15.3 Å². The molecule has 0 saturated heterocycles. The lowest BCUT2D eigenvalue weighted by Crippen LogP contribution is -2.36. The summed E-state index contributed by atoms with van der Waals surface area (Å²) in [6, 6.07) is -0.429. The number of aliphatic hydroxyl groups is 3. The van der Waals surface area contributed by atoms with Crippen molar-refractivity contribution in [1.82, 2.24) is 19.5 Å². The SMILES string of the molecule is CSc1nc(N)c2ncn([C@@H]3C[C@](C)(CO)C(O)C3O)c2n1. The Morgan fingerprint density at radius 2 is 2.18 bits per heavy atom. The van der Waals surface area contributed by atoms with Crippen LogP contribution in [0.15, 0.2) is 11.5 Å². The summed E-state index contributed by atoms with van der Waals surface area (Å²) in [5, 5.41) is 30.6. The molecule has 2 aromatic rings.